The van der Waals surface area contributed by atoms with E-state index in [1.807, 2.05) is 23.6 Å². The van der Waals surface area contributed by atoms with Crippen molar-refractivity contribution in [3.05, 3.63) is 74.7 Å². The Morgan fingerprint density at radius 2 is 1.96 bits per heavy atom. The summed E-state index contributed by atoms with van der Waals surface area (Å²) in [7, 11) is 0. The third kappa shape index (κ3) is 4.25. The normalized spacial score (nSPS) is 11.2. The van der Waals surface area contributed by atoms with Crippen molar-refractivity contribution in [2.75, 3.05) is 5.32 Å². The van der Waals surface area contributed by atoms with Crippen LogP contribution in [-0.4, -0.2) is 4.98 Å². The van der Waals surface area contributed by atoms with Crippen LogP contribution in [0.3, 0.4) is 0 Å². The minimum Gasteiger partial charge on any atom is -0.360 e. The van der Waals surface area contributed by atoms with Crippen LogP contribution in [-0.2, 0) is 6.42 Å². The molecule has 3 nitrogen and oxygen atoms in total. The fourth-order valence-electron chi connectivity index (χ4n) is 2.32. The Bertz CT molecular complexity index is 985. The van der Waals surface area contributed by atoms with Crippen molar-refractivity contribution in [3.63, 3.8) is 0 Å². The lowest BCUT2D eigenvalue weighted by Crippen LogP contribution is -1.91. The standard InChI is InChI=1S/C20H15Cl2N3S/c1-2-13-3-6-16(7-4-13)24-11-15(10-23)20-25-19(12-26-20)14-5-8-17(21)18(22)9-14/h3-9,11-12,24H,2H2,1H3. The van der Waals surface area contributed by atoms with Gasteiger partial charge in [0.2, 0.25) is 0 Å². The molecule has 1 aromatic heterocycles. The van der Waals surface area contributed by atoms with Crippen molar-refractivity contribution in [1.29, 1.82) is 5.26 Å². The number of nitriles is 1. The Morgan fingerprint density at radius 3 is 2.62 bits per heavy atom. The lowest BCUT2D eigenvalue weighted by Gasteiger charge is -2.03. The molecule has 26 heavy (non-hydrogen) atoms. The molecule has 0 atom stereocenters. The molecule has 0 aliphatic rings. The molecular formula is C20H15Cl2N3S. The van der Waals surface area contributed by atoms with Crippen molar-refractivity contribution in [1.82, 2.24) is 4.98 Å². The fraction of sp³-hybridized carbons (Fsp3) is 0.100. The van der Waals surface area contributed by atoms with Crippen molar-refractivity contribution >= 4 is 45.8 Å². The largest absolute Gasteiger partial charge is 0.360 e. The van der Waals surface area contributed by atoms with Crippen LogP contribution in [0.2, 0.25) is 10.0 Å². The predicted molar refractivity (Wildman–Crippen MR) is 111 cm³/mol. The number of benzene rings is 2. The van der Waals surface area contributed by atoms with Crippen LogP contribution in [0.4, 0.5) is 5.69 Å². The topological polar surface area (TPSA) is 48.7 Å². The SMILES string of the molecule is CCc1ccc(NC=C(C#N)c2nc(-c3ccc(Cl)c(Cl)c3)cs2)cc1. The van der Waals surface area contributed by atoms with E-state index >= 15 is 0 Å². The number of anilines is 1. The summed E-state index contributed by atoms with van der Waals surface area (Å²) in [4.78, 5) is 4.55. The summed E-state index contributed by atoms with van der Waals surface area (Å²) in [6, 6.07) is 15.7. The average Bonchev–Trinajstić information content (AvgIpc) is 3.15. The molecule has 0 saturated carbocycles. The number of aryl methyl sites for hydroxylation is 1. The molecule has 0 saturated heterocycles. The zero-order valence-electron chi connectivity index (χ0n) is 14.0. The van der Waals surface area contributed by atoms with Crippen LogP contribution in [0.5, 0.6) is 0 Å². The molecule has 0 radical (unpaired) electrons. The maximum atomic E-state index is 9.47. The highest BCUT2D eigenvalue weighted by molar-refractivity contribution is 7.11. The molecule has 1 N–H and O–H groups in total. The second-order valence-corrected chi connectivity index (χ2v) is 7.20. The van der Waals surface area contributed by atoms with Crippen molar-refractivity contribution in [2.24, 2.45) is 0 Å². The molecule has 0 unspecified atom stereocenters. The summed E-state index contributed by atoms with van der Waals surface area (Å²) in [6.07, 6.45) is 2.68. The molecule has 0 amide bonds. The smallest absolute Gasteiger partial charge is 0.136 e. The summed E-state index contributed by atoms with van der Waals surface area (Å²) in [5, 5.41) is 16.1. The van der Waals surface area contributed by atoms with Gasteiger partial charge in [-0.3, -0.25) is 0 Å². The number of allylic oxidation sites excluding steroid dienone is 1. The first-order valence-electron chi connectivity index (χ1n) is 7.97. The van der Waals surface area contributed by atoms with Gasteiger partial charge >= 0.3 is 0 Å². The number of hydrogen-bond acceptors (Lipinski definition) is 4. The van der Waals surface area contributed by atoms with Gasteiger partial charge in [0.25, 0.3) is 0 Å². The van der Waals surface area contributed by atoms with Crippen LogP contribution < -0.4 is 5.32 Å². The molecule has 0 bridgehead atoms. The predicted octanol–water partition coefficient (Wildman–Crippen LogP) is 6.66. The Labute approximate surface area is 166 Å². The summed E-state index contributed by atoms with van der Waals surface area (Å²) in [5.74, 6) is 0. The number of halogens is 2. The van der Waals surface area contributed by atoms with Crippen LogP contribution >= 0.6 is 34.5 Å². The second-order valence-electron chi connectivity index (χ2n) is 5.53. The molecule has 6 heteroatoms. The number of nitrogens with one attached hydrogen (secondary N) is 1. The van der Waals surface area contributed by atoms with E-state index in [-0.39, 0.29) is 0 Å². The summed E-state index contributed by atoms with van der Waals surface area (Å²) >= 11 is 13.4. The quantitative estimate of drug-likeness (QED) is 0.488. The van der Waals surface area contributed by atoms with Crippen LogP contribution in [0, 0.1) is 11.3 Å². The van der Waals surface area contributed by atoms with Gasteiger partial charge in [0.1, 0.15) is 16.6 Å². The van der Waals surface area contributed by atoms with E-state index in [4.69, 9.17) is 23.2 Å². The van der Waals surface area contributed by atoms with Crippen LogP contribution in [0.15, 0.2) is 54.0 Å². The molecule has 2 aromatic carbocycles. The summed E-state index contributed by atoms with van der Waals surface area (Å²) in [6.45, 7) is 2.12. The number of rotatable bonds is 5. The van der Waals surface area contributed by atoms with Crippen molar-refractivity contribution in [2.45, 2.75) is 13.3 Å². The van der Waals surface area contributed by atoms with Crippen LogP contribution in [0.1, 0.15) is 17.5 Å². The van der Waals surface area contributed by atoms with Gasteiger partial charge in [0.15, 0.2) is 0 Å². The number of nitrogens with zero attached hydrogens (tertiary/aromatic N) is 2. The molecule has 0 spiro atoms. The monoisotopic (exact) mass is 399 g/mol. The molecular weight excluding hydrogens is 385 g/mol. The summed E-state index contributed by atoms with van der Waals surface area (Å²) in [5.41, 5.74) is 4.29. The van der Waals surface area contributed by atoms with E-state index in [1.54, 1.807) is 18.3 Å². The van der Waals surface area contributed by atoms with Gasteiger partial charge in [-0.15, -0.1) is 11.3 Å². The third-order valence-corrected chi connectivity index (χ3v) is 5.43. The van der Waals surface area contributed by atoms with Gasteiger partial charge in [-0.1, -0.05) is 48.3 Å². The number of hydrogen-bond donors (Lipinski definition) is 1. The Kier molecular flexibility index (Phi) is 5.95. The van der Waals surface area contributed by atoms with Crippen molar-refractivity contribution < 1.29 is 0 Å². The molecule has 130 valence electrons. The van der Waals surface area contributed by atoms with Gasteiger partial charge in [-0.2, -0.15) is 5.26 Å². The van der Waals surface area contributed by atoms with E-state index < -0.39 is 0 Å². The maximum absolute atomic E-state index is 9.47. The Morgan fingerprint density at radius 1 is 1.19 bits per heavy atom. The first kappa shape index (κ1) is 18.5. The van der Waals surface area contributed by atoms with E-state index in [9.17, 15) is 5.26 Å². The minimum atomic E-state index is 0.473. The lowest BCUT2D eigenvalue weighted by molar-refractivity contribution is 1.14. The number of thiazole rings is 1. The second kappa shape index (κ2) is 8.37. The molecule has 0 aliphatic carbocycles. The molecule has 1 heterocycles. The molecule has 3 rings (SSSR count). The minimum absolute atomic E-state index is 0.473. The maximum Gasteiger partial charge on any atom is 0.136 e. The van der Waals surface area contributed by atoms with Crippen molar-refractivity contribution in [3.8, 4) is 17.3 Å². The van der Waals surface area contributed by atoms with E-state index in [1.165, 1.54) is 16.9 Å². The van der Waals surface area contributed by atoms with Gasteiger partial charge in [0.05, 0.1) is 15.7 Å². The molecule has 3 aromatic rings. The lowest BCUT2D eigenvalue weighted by atomic mass is 10.1. The third-order valence-electron chi connectivity index (χ3n) is 3.82. The van der Waals surface area contributed by atoms with E-state index in [0.717, 1.165) is 23.4 Å². The Balaban J connectivity index is 1.81. The van der Waals surface area contributed by atoms with Gasteiger partial charge in [0, 0.05) is 22.8 Å². The first-order valence-corrected chi connectivity index (χ1v) is 9.61. The van der Waals surface area contributed by atoms with E-state index in [0.29, 0.717) is 20.6 Å². The highest BCUT2D eigenvalue weighted by Gasteiger charge is 2.10. The molecule has 0 aliphatic heterocycles. The zero-order chi connectivity index (χ0) is 18.5. The van der Waals surface area contributed by atoms with Gasteiger partial charge in [-0.05, 0) is 36.2 Å². The fourth-order valence-corrected chi connectivity index (χ4v) is 3.41. The van der Waals surface area contributed by atoms with Gasteiger partial charge < -0.3 is 5.32 Å². The number of aromatic nitrogens is 1. The average molecular weight is 400 g/mol. The van der Waals surface area contributed by atoms with E-state index in [2.05, 4.69) is 35.4 Å². The zero-order valence-corrected chi connectivity index (χ0v) is 16.3. The summed E-state index contributed by atoms with van der Waals surface area (Å²) < 4.78 is 0. The first-order chi connectivity index (χ1) is 12.6. The van der Waals surface area contributed by atoms with Crippen LogP contribution in [0.25, 0.3) is 16.8 Å². The highest BCUT2D eigenvalue weighted by atomic mass is 35.5. The van der Waals surface area contributed by atoms with Gasteiger partial charge in [-0.25, -0.2) is 4.98 Å². The highest BCUT2D eigenvalue weighted by Crippen LogP contribution is 2.30. The Hall–Kier alpha value is -2.32. The molecule has 0 fully saturated rings.